The Morgan fingerprint density at radius 2 is 2.00 bits per heavy atom. The van der Waals surface area contributed by atoms with Crippen LogP contribution in [0.2, 0.25) is 0 Å². The highest BCUT2D eigenvalue weighted by molar-refractivity contribution is 7.10. The molecule has 0 spiro atoms. The molecule has 0 saturated carbocycles. The molecule has 0 bridgehead atoms. The van der Waals surface area contributed by atoms with Crippen molar-refractivity contribution < 1.29 is 14.3 Å². The Morgan fingerprint density at radius 3 is 2.73 bits per heavy atom. The van der Waals surface area contributed by atoms with Gasteiger partial charge in [-0.2, -0.15) is 4.37 Å². The minimum atomic E-state index is -1.01. The van der Waals surface area contributed by atoms with E-state index in [1.807, 2.05) is 0 Å². The molecule has 4 N–H and O–H groups in total. The van der Waals surface area contributed by atoms with Crippen LogP contribution in [-0.4, -0.2) is 39.4 Å². The molecule has 1 amide bonds. The molecule has 2 aromatic heterocycles. The number of aryl methyl sites for hydroxylation is 1. The fourth-order valence-electron chi connectivity index (χ4n) is 2.41. The second-order valence-electron chi connectivity index (χ2n) is 5.60. The highest BCUT2D eigenvalue weighted by Crippen LogP contribution is 2.25. The van der Waals surface area contributed by atoms with Gasteiger partial charge in [0.05, 0.1) is 16.7 Å². The van der Waals surface area contributed by atoms with Gasteiger partial charge in [0.25, 0.3) is 5.91 Å². The number of amides is 1. The van der Waals surface area contributed by atoms with Crippen molar-refractivity contribution in [1.29, 1.82) is 0 Å². The van der Waals surface area contributed by atoms with E-state index in [1.54, 1.807) is 32.2 Å². The van der Waals surface area contributed by atoms with Gasteiger partial charge in [0.15, 0.2) is 6.10 Å². The Bertz CT molecular complexity index is 1030. The normalized spacial score (nSPS) is 12.0. The number of aromatic nitrogens is 3. The van der Waals surface area contributed by atoms with E-state index >= 15 is 0 Å². The summed E-state index contributed by atoms with van der Waals surface area (Å²) in [7, 11) is 1.68. The number of nitrogens with zero attached hydrogens (tertiary/aromatic N) is 1. The lowest BCUT2D eigenvalue weighted by Gasteiger charge is -2.14. The molecule has 0 fully saturated rings. The number of ether oxygens (including phenoxy) is 1. The lowest BCUT2D eigenvalue weighted by molar-refractivity contribution is -0.123. The van der Waals surface area contributed by atoms with Gasteiger partial charge in [-0.3, -0.25) is 4.79 Å². The molecule has 9 nitrogen and oxygen atoms in total. The number of hydrogen-bond acceptors (Lipinski definition) is 7. The average molecular weight is 375 g/mol. The standard InChI is InChI=1S/C16H17N5O4S/c1-7-12(14(17-3)26-21-7)15(23)25-8(2)13(22)18-9-4-5-10-11(6-9)20-16(24)19-10/h4-6,8,17H,1-3H3,(H,18,22)(H2,19,20,24)/t8-/m0/s1. The zero-order valence-electron chi connectivity index (χ0n) is 14.3. The first kappa shape index (κ1) is 17.7. The van der Waals surface area contributed by atoms with Crippen molar-refractivity contribution in [1.82, 2.24) is 14.3 Å². The third kappa shape index (κ3) is 3.45. The van der Waals surface area contributed by atoms with Crippen LogP contribution >= 0.6 is 11.5 Å². The number of imidazole rings is 1. The minimum Gasteiger partial charge on any atom is -0.449 e. The topological polar surface area (TPSA) is 129 Å². The SMILES string of the molecule is CNc1snc(C)c1C(=O)O[C@@H](C)C(=O)Nc1ccc2[nH]c(=O)[nH]c2c1. The Morgan fingerprint density at radius 1 is 1.27 bits per heavy atom. The van der Waals surface area contributed by atoms with E-state index in [1.165, 1.54) is 6.92 Å². The van der Waals surface area contributed by atoms with Gasteiger partial charge in [0, 0.05) is 12.7 Å². The van der Waals surface area contributed by atoms with Crippen molar-refractivity contribution >= 4 is 45.1 Å². The highest BCUT2D eigenvalue weighted by atomic mass is 32.1. The number of benzene rings is 1. The van der Waals surface area contributed by atoms with Crippen molar-refractivity contribution in [2.45, 2.75) is 20.0 Å². The van der Waals surface area contributed by atoms with Crippen molar-refractivity contribution in [2.24, 2.45) is 0 Å². The molecule has 1 aromatic carbocycles. The molecule has 10 heteroatoms. The number of rotatable bonds is 5. The predicted molar refractivity (Wildman–Crippen MR) is 98.8 cm³/mol. The van der Waals surface area contributed by atoms with Gasteiger partial charge in [0.1, 0.15) is 10.6 Å². The smallest absolute Gasteiger partial charge is 0.343 e. The Hall–Kier alpha value is -3.14. The maximum Gasteiger partial charge on any atom is 0.343 e. The first-order valence-corrected chi connectivity index (χ1v) is 8.54. The third-order valence-corrected chi connectivity index (χ3v) is 4.69. The number of esters is 1. The minimum absolute atomic E-state index is 0.323. The quantitative estimate of drug-likeness (QED) is 0.504. The number of hydrogen-bond donors (Lipinski definition) is 4. The Balaban J connectivity index is 1.69. The molecular weight excluding hydrogens is 358 g/mol. The second-order valence-corrected chi connectivity index (χ2v) is 6.37. The van der Waals surface area contributed by atoms with E-state index < -0.39 is 18.0 Å². The molecule has 0 radical (unpaired) electrons. The van der Waals surface area contributed by atoms with Crippen LogP contribution in [0.1, 0.15) is 23.0 Å². The van der Waals surface area contributed by atoms with Crippen LogP contribution in [0, 0.1) is 6.92 Å². The van der Waals surface area contributed by atoms with Crippen LogP contribution in [0.25, 0.3) is 11.0 Å². The maximum atomic E-state index is 12.3. The molecule has 1 atom stereocenters. The molecule has 3 rings (SSSR count). The number of anilines is 2. The van der Waals surface area contributed by atoms with Gasteiger partial charge in [-0.1, -0.05) is 0 Å². The summed E-state index contributed by atoms with van der Waals surface area (Å²) in [5.74, 6) is -1.10. The largest absolute Gasteiger partial charge is 0.449 e. The third-order valence-electron chi connectivity index (χ3n) is 3.73. The molecule has 0 aliphatic rings. The number of fused-ring (bicyclic) bond motifs is 1. The molecule has 3 aromatic rings. The fourth-order valence-corrected chi connectivity index (χ4v) is 3.14. The number of nitrogens with one attached hydrogen (secondary N) is 4. The lowest BCUT2D eigenvalue weighted by Crippen LogP contribution is -2.30. The van der Waals surface area contributed by atoms with Crippen molar-refractivity contribution in [3.05, 3.63) is 39.9 Å². The number of carbonyl (C=O) groups excluding carboxylic acids is 2. The number of H-pyrrole nitrogens is 2. The molecule has 0 aliphatic carbocycles. The summed E-state index contributed by atoms with van der Waals surface area (Å²) in [6, 6.07) is 4.93. The van der Waals surface area contributed by atoms with Crippen LogP contribution in [0.5, 0.6) is 0 Å². The van der Waals surface area contributed by atoms with Crippen molar-refractivity contribution in [3.63, 3.8) is 0 Å². The van der Waals surface area contributed by atoms with E-state index in [4.69, 9.17) is 4.74 Å². The molecule has 0 saturated heterocycles. The Kier molecular flexibility index (Phi) is 4.76. The van der Waals surface area contributed by atoms with Gasteiger partial charge >= 0.3 is 11.7 Å². The van der Waals surface area contributed by atoms with E-state index in [9.17, 15) is 14.4 Å². The molecule has 0 unspecified atom stereocenters. The monoisotopic (exact) mass is 375 g/mol. The summed E-state index contributed by atoms with van der Waals surface area (Å²) in [4.78, 5) is 41.1. The fraction of sp³-hybridized carbons (Fsp3) is 0.250. The van der Waals surface area contributed by atoms with E-state index in [0.29, 0.717) is 33.0 Å². The predicted octanol–water partition coefficient (Wildman–Crippen LogP) is 1.85. The van der Waals surface area contributed by atoms with Crippen molar-refractivity contribution in [2.75, 3.05) is 17.7 Å². The van der Waals surface area contributed by atoms with Crippen LogP contribution < -0.4 is 16.3 Å². The van der Waals surface area contributed by atoms with Crippen LogP contribution in [-0.2, 0) is 9.53 Å². The molecule has 26 heavy (non-hydrogen) atoms. The van der Waals surface area contributed by atoms with Gasteiger partial charge in [-0.25, -0.2) is 9.59 Å². The zero-order valence-corrected chi connectivity index (χ0v) is 15.1. The first-order valence-electron chi connectivity index (χ1n) is 7.77. The molecule has 0 aliphatic heterocycles. The van der Waals surface area contributed by atoms with Crippen LogP contribution in [0.15, 0.2) is 23.0 Å². The van der Waals surface area contributed by atoms with Gasteiger partial charge < -0.3 is 25.3 Å². The summed E-state index contributed by atoms with van der Waals surface area (Å²) < 4.78 is 9.36. The summed E-state index contributed by atoms with van der Waals surface area (Å²) in [5.41, 5.74) is 2.21. The Labute approximate surface area is 151 Å². The second kappa shape index (κ2) is 7.00. The average Bonchev–Trinajstić information content (AvgIpc) is 3.15. The van der Waals surface area contributed by atoms with Gasteiger partial charge in [0.2, 0.25) is 0 Å². The maximum absolute atomic E-state index is 12.3. The molecule has 136 valence electrons. The summed E-state index contributed by atoms with van der Waals surface area (Å²) in [5, 5.41) is 6.12. The van der Waals surface area contributed by atoms with Crippen LogP contribution in [0.4, 0.5) is 10.7 Å². The number of aromatic amines is 2. The van der Waals surface area contributed by atoms with Crippen LogP contribution in [0.3, 0.4) is 0 Å². The van der Waals surface area contributed by atoms with Gasteiger partial charge in [-0.15, -0.1) is 0 Å². The summed E-state index contributed by atoms with van der Waals surface area (Å²) in [6.07, 6.45) is -1.01. The van der Waals surface area contributed by atoms with Gasteiger partial charge in [-0.05, 0) is 43.6 Å². The van der Waals surface area contributed by atoms with E-state index in [-0.39, 0.29) is 5.69 Å². The van der Waals surface area contributed by atoms with Crippen molar-refractivity contribution in [3.8, 4) is 0 Å². The molecule has 2 heterocycles. The lowest BCUT2D eigenvalue weighted by atomic mass is 10.2. The summed E-state index contributed by atoms with van der Waals surface area (Å²) >= 11 is 1.15. The highest BCUT2D eigenvalue weighted by Gasteiger charge is 2.24. The van der Waals surface area contributed by atoms with E-state index in [2.05, 4.69) is 25.0 Å². The summed E-state index contributed by atoms with van der Waals surface area (Å²) in [6.45, 7) is 3.18. The first-order chi connectivity index (χ1) is 12.4. The van der Waals surface area contributed by atoms with E-state index in [0.717, 1.165) is 11.5 Å². The zero-order chi connectivity index (χ0) is 18.8. The number of carbonyl (C=O) groups is 2. The molecular formula is C16H17N5O4S.